The van der Waals surface area contributed by atoms with E-state index in [0.717, 1.165) is 29.8 Å². The van der Waals surface area contributed by atoms with Crippen molar-refractivity contribution in [3.05, 3.63) is 46.8 Å². The van der Waals surface area contributed by atoms with E-state index in [4.69, 9.17) is 4.74 Å². The molecule has 1 atom stereocenters. The van der Waals surface area contributed by atoms with E-state index >= 15 is 0 Å². The van der Waals surface area contributed by atoms with Crippen molar-refractivity contribution in [2.24, 2.45) is 5.92 Å². The van der Waals surface area contributed by atoms with Crippen LogP contribution in [0, 0.1) is 31.1 Å². The van der Waals surface area contributed by atoms with Gasteiger partial charge < -0.3 is 15.2 Å². The number of hydrogen-bond acceptors (Lipinski definition) is 6. The van der Waals surface area contributed by atoms with Crippen LogP contribution in [-0.2, 0) is 0 Å². The molecule has 2 aromatic rings. The molecule has 1 aliphatic rings. The van der Waals surface area contributed by atoms with Crippen molar-refractivity contribution in [1.29, 1.82) is 5.26 Å². The first-order valence-electron chi connectivity index (χ1n) is 8.34. The van der Waals surface area contributed by atoms with E-state index in [-0.39, 0.29) is 12.1 Å². The molecule has 0 unspecified atom stereocenters. The summed E-state index contributed by atoms with van der Waals surface area (Å²) in [5.74, 6) is 1.61. The molecule has 1 aliphatic carbocycles. The second kappa shape index (κ2) is 7.08. The van der Waals surface area contributed by atoms with Crippen LogP contribution in [0.1, 0.15) is 41.3 Å². The Morgan fingerprint density at radius 3 is 2.64 bits per heavy atom. The zero-order chi connectivity index (χ0) is 18.0. The summed E-state index contributed by atoms with van der Waals surface area (Å²) in [5.41, 5.74) is 3.26. The van der Waals surface area contributed by atoms with Crippen molar-refractivity contribution in [1.82, 2.24) is 9.97 Å². The molecule has 3 rings (SSSR count). The third kappa shape index (κ3) is 3.57. The number of methoxy groups -OCH3 is 1. The maximum Gasteiger partial charge on any atom is 0.212 e. The molecule has 2 heterocycles. The monoisotopic (exact) mass is 338 g/mol. The molecule has 6 heteroatoms. The van der Waals surface area contributed by atoms with Crippen molar-refractivity contribution in [3.8, 4) is 11.9 Å². The van der Waals surface area contributed by atoms with E-state index in [1.54, 1.807) is 13.3 Å². The number of aryl methyl sites for hydroxylation is 2. The SMILES string of the molecule is COc1ccc([C@@H](Nc2cc(C)c(C#N)c(C)n2)C2CC(O)C2)cn1. The van der Waals surface area contributed by atoms with Crippen molar-refractivity contribution in [3.63, 3.8) is 0 Å². The van der Waals surface area contributed by atoms with Crippen LogP contribution in [0.5, 0.6) is 5.88 Å². The van der Waals surface area contributed by atoms with Gasteiger partial charge in [-0.1, -0.05) is 6.07 Å². The Balaban J connectivity index is 1.89. The van der Waals surface area contributed by atoms with Crippen LogP contribution in [0.4, 0.5) is 5.82 Å². The van der Waals surface area contributed by atoms with Crippen LogP contribution in [0.2, 0.25) is 0 Å². The molecule has 6 nitrogen and oxygen atoms in total. The van der Waals surface area contributed by atoms with Crippen molar-refractivity contribution >= 4 is 5.82 Å². The molecule has 1 saturated carbocycles. The molecule has 2 N–H and O–H groups in total. The molecular formula is C19H22N4O2. The molecule has 0 spiro atoms. The summed E-state index contributed by atoms with van der Waals surface area (Å²) >= 11 is 0. The van der Waals surface area contributed by atoms with Gasteiger partial charge in [-0.2, -0.15) is 5.26 Å². The largest absolute Gasteiger partial charge is 0.481 e. The molecule has 0 aromatic carbocycles. The van der Waals surface area contributed by atoms with Gasteiger partial charge in [-0.25, -0.2) is 9.97 Å². The Morgan fingerprint density at radius 2 is 2.12 bits per heavy atom. The predicted octanol–water partition coefficient (Wildman–Crippen LogP) is 2.90. The van der Waals surface area contributed by atoms with Gasteiger partial charge in [0.1, 0.15) is 11.9 Å². The second-order valence-corrected chi connectivity index (χ2v) is 6.54. The molecule has 0 radical (unpaired) electrons. The lowest BCUT2D eigenvalue weighted by atomic mass is 9.75. The van der Waals surface area contributed by atoms with Gasteiger partial charge in [0.25, 0.3) is 0 Å². The van der Waals surface area contributed by atoms with E-state index in [0.29, 0.717) is 23.1 Å². The highest BCUT2D eigenvalue weighted by Gasteiger charge is 2.35. The number of nitrogens with zero attached hydrogens (tertiary/aromatic N) is 3. The Bertz CT molecular complexity index is 769. The number of pyridine rings is 2. The number of hydrogen-bond donors (Lipinski definition) is 2. The lowest BCUT2D eigenvalue weighted by Gasteiger charge is -2.38. The van der Waals surface area contributed by atoms with Crippen LogP contribution in [-0.4, -0.2) is 28.3 Å². The topological polar surface area (TPSA) is 91.1 Å². The van der Waals surface area contributed by atoms with Gasteiger partial charge in [0.15, 0.2) is 0 Å². The molecule has 0 bridgehead atoms. The number of nitrogens with one attached hydrogen (secondary N) is 1. The smallest absolute Gasteiger partial charge is 0.212 e. The Kier molecular flexibility index (Phi) is 4.86. The first kappa shape index (κ1) is 17.2. The van der Waals surface area contributed by atoms with Crippen LogP contribution in [0.25, 0.3) is 0 Å². The molecular weight excluding hydrogens is 316 g/mol. The van der Waals surface area contributed by atoms with Gasteiger partial charge in [-0.15, -0.1) is 0 Å². The summed E-state index contributed by atoms with van der Waals surface area (Å²) in [4.78, 5) is 8.82. The Morgan fingerprint density at radius 1 is 1.36 bits per heavy atom. The van der Waals surface area contributed by atoms with Gasteiger partial charge in [0.05, 0.1) is 30.5 Å². The zero-order valence-corrected chi connectivity index (χ0v) is 14.7. The van der Waals surface area contributed by atoms with E-state index < -0.39 is 0 Å². The van der Waals surface area contributed by atoms with Crippen molar-refractivity contribution < 1.29 is 9.84 Å². The second-order valence-electron chi connectivity index (χ2n) is 6.54. The summed E-state index contributed by atoms with van der Waals surface area (Å²) < 4.78 is 5.13. The van der Waals surface area contributed by atoms with E-state index in [9.17, 15) is 10.4 Å². The third-order valence-electron chi connectivity index (χ3n) is 4.76. The van der Waals surface area contributed by atoms with Gasteiger partial charge in [-0.3, -0.25) is 0 Å². The van der Waals surface area contributed by atoms with Crippen LogP contribution in [0.15, 0.2) is 24.4 Å². The maximum atomic E-state index is 9.70. The minimum atomic E-state index is -0.238. The Labute approximate surface area is 147 Å². The fourth-order valence-electron chi connectivity index (χ4n) is 3.31. The average molecular weight is 338 g/mol. The quantitative estimate of drug-likeness (QED) is 0.871. The van der Waals surface area contributed by atoms with Crippen molar-refractivity contribution in [2.75, 3.05) is 12.4 Å². The van der Waals surface area contributed by atoms with Crippen LogP contribution >= 0.6 is 0 Å². The zero-order valence-electron chi connectivity index (χ0n) is 14.7. The number of nitriles is 1. The normalized spacial score (nSPS) is 20.3. The minimum absolute atomic E-state index is 0.000965. The number of anilines is 1. The first-order valence-corrected chi connectivity index (χ1v) is 8.34. The highest BCUT2D eigenvalue weighted by molar-refractivity contribution is 5.50. The van der Waals surface area contributed by atoms with Crippen molar-refractivity contribution in [2.45, 2.75) is 38.8 Å². The molecule has 1 fully saturated rings. The van der Waals surface area contributed by atoms with Crippen LogP contribution in [0.3, 0.4) is 0 Å². The predicted molar refractivity (Wildman–Crippen MR) is 94.3 cm³/mol. The van der Waals surface area contributed by atoms with E-state index in [2.05, 4.69) is 21.4 Å². The summed E-state index contributed by atoms with van der Waals surface area (Å²) in [6.07, 6.45) is 3.05. The number of aromatic nitrogens is 2. The number of rotatable bonds is 5. The van der Waals surface area contributed by atoms with Gasteiger partial charge >= 0.3 is 0 Å². The fraction of sp³-hybridized carbons (Fsp3) is 0.421. The van der Waals surface area contributed by atoms with Gasteiger partial charge in [0.2, 0.25) is 5.88 Å². The summed E-state index contributed by atoms with van der Waals surface area (Å²) in [6.45, 7) is 3.75. The summed E-state index contributed by atoms with van der Waals surface area (Å²) in [7, 11) is 1.59. The van der Waals surface area contributed by atoms with E-state index in [1.807, 2.05) is 32.0 Å². The molecule has 130 valence electrons. The van der Waals surface area contributed by atoms with Crippen LogP contribution < -0.4 is 10.1 Å². The molecule has 25 heavy (non-hydrogen) atoms. The lowest BCUT2D eigenvalue weighted by Crippen LogP contribution is -2.36. The van der Waals surface area contributed by atoms with E-state index in [1.165, 1.54) is 0 Å². The fourth-order valence-corrected chi connectivity index (χ4v) is 3.31. The van der Waals surface area contributed by atoms with Gasteiger partial charge in [0, 0.05) is 12.3 Å². The molecule has 0 aliphatic heterocycles. The molecule has 0 amide bonds. The number of ether oxygens (including phenoxy) is 1. The number of aliphatic hydroxyl groups is 1. The maximum absolute atomic E-state index is 9.70. The molecule has 2 aromatic heterocycles. The summed E-state index contributed by atoms with van der Waals surface area (Å²) in [6, 6.07) is 7.91. The minimum Gasteiger partial charge on any atom is -0.481 e. The standard InChI is InChI=1S/C19H22N4O2/c1-11-6-17(22-12(2)16(11)9-20)23-19(14-7-15(24)8-14)13-4-5-18(25-3)21-10-13/h4-6,10,14-15,19,24H,7-8H2,1-3H3,(H,22,23)/t14?,15?,19-/m1/s1. The molecule has 0 saturated heterocycles. The third-order valence-corrected chi connectivity index (χ3v) is 4.76. The van der Waals surface area contributed by atoms with Gasteiger partial charge in [-0.05, 0) is 49.8 Å². The summed E-state index contributed by atoms with van der Waals surface area (Å²) in [5, 5.41) is 22.4. The first-order chi connectivity index (χ1) is 12.0. The lowest BCUT2D eigenvalue weighted by molar-refractivity contribution is 0.0338. The Hall–Kier alpha value is -2.65. The highest BCUT2D eigenvalue weighted by Crippen LogP contribution is 2.40. The number of aliphatic hydroxyl groups excluding tert-OH is 1. The highest BCUT2D eigenvalue weighted by atomic mass is 16.5. The average Bonchev–Trinajstić information content (AvgIpc) is 2.57.